The maximum Gasteiger partial charge on any atom is 0.0727 e. The summed E-state index contributed by atoms with van der Waals surface area (Å²) in [5, 5.41) is 4.67. The van der Waals surface area contributed by atoms with E-state index in [1.54, 1.807) is 0 Å². The number of likely N-dealkylation sites (tertiary alicyclic amines) is 1. The molecule has 2 heterocycles. The molecule has 0 amide bonds. The summed E-state index contributed by atoms with van der Waals surface area (Å²) in [5.41, 5.74) is 9.88. The maximum absolute atomic E-state index is 5.91. The Bertz CT molecular complexity index is 617. The van der Waals surface area contributed by atoms with Crippen LogP contribution in [0, 0.1) is 6.92 Å². The van der Waals surface area contributed by atoms with Crippen molar-refractivity contribution in [3.63, 3.8) is 0 Å². The molecule has 1 aliphatic rings. The summed E-state index contributed by atoms with van der Waals surface area (Å²) in [4.78, 5) is 7.12. The van der Waals surface area contributed by atoms with Crippen molar-refractivity contribution >= 4 is 22.3 Å². The molecule has 0 aliphatic carbocycles. The molecule has 0 saturated carbocycles. The lowest BCUT2D eigenvalue weighted by molar-refractivity contribution is 0.337. The highest BCUT2D eigenvalue weighted by Gasteiger charge is 2.10. The normalized spacial score (nSPS) is 15.7. The van der Waals surface area contributed by atoms with Crippen LogP contribution in [0.2, 0.25) is 0 Å². The number of nitrogen functional groups attached to an aromatic ring is 1. The molecule has 0 spiro atoms. The van der Waals surface area contributed by atoms with E-state index in [-0.39, 0.29) is 0 Å². The van der Waals surface area contributed by atoms with Crippen LogP contribution in [0.15, 0.2) is 24.3 Å². The molecule has 1 aliphatic heterocycles. The van der Waals surface area contributed by atoms with Crippen LogP contribution in [-0.4, -0.2) is 36.1 Å². The number of fused-ring (bicyclic) bond motifs is 1. The Labute approximate surface area is 126 Å². The molecule has 0 unspecified atom stereocenters. The third-order valence-corrected chi connectivity index (χ3v) is 4.13. The Kier molecular flexibility index (Phi) is 4.25. The number of hydrogen-bond donors (Lipinski definition) is 2. The number of hydrogen-bond acceptors (Lipinski definition) is 4. The molecule has 1 aromatic heterocycles. The van der Waals surface area contributed by atoms with Gasteiger partial charge >= 0.3 is 0 Å². The molecule has 112 valence electrons. The van der Waals surface area contributed by atoms with Gasteiger partial charge in [-0.05, 0) is 70.1 Å². The van der Waals surface area contributed by atoms with Gasteiger partial charge in [-0.1, -0.05) is 0 Å². The Morgan fingerprint density at radius 2 is 2.05 bits per heavy atom. The van der Waals surface area contributed by atoms with E-state index in [4.69, 9.17) is 5.73 Å². The molecule has 2 aromatic rings. The molecule has 1 saturated heterocycles. The Morgan fingerprint density at radius 3 is 2.86 bits per heavy atom. The average Bonchev–Trinajstić information content (AvgIpc) is 2.97. The topological polar surface area (TPSA) is 54.2 Å². The molecular weight excluding hydrogens is 260 g/mol. The molecule has 0 atom stereocenters. The van der Waals surface area contributed by atoms with Gasteiger partial charge in [0.15, 0.2) is 0 Å². The van der Waals surface area contributed by atoms with E-state index >= 15 is 0 Å². The summed E-state index contributed by atoms with van der Waals surface area (Å²) >= 11 is 0. The predicted octanol–water partition coefficient (Wildman–Crippen LogP) is 3.02. The molecule has 1 fully saturated rings. The van der Waals surface area contributed by atoms with Crippen molar-refractivity contribution in [2.75, 3.05) is 37.2 Å². The lowest BCUT2D eigenvalue weighted by Crippen LogP contribution is -2.22. The Morgan fingerprint density at radius 1 is 1.24 bits per heavy atom. The van der Waals surface area contributed by atoms with Gasteiger partial charge in [0.25, 0.3) is 0 Å². The summed E-state index contributed by atoms with van der Waals surface area (Å²) < 4.78 is 0. The largest absolute Gasteiger partial charge is 0.399 e. The lowest BCUT2D eigenvalue weighted by atomic mass is 10.1. The molecule has 3 rings (SSSR count). The van der Waals surface area contributed by atoms with Gasteiger partial charge < -0.3 is 16.0 Å². The van der Waals surface area contributed by atoms with Gasteiger partial charge in [0.1, 0.15) is 0 Å². The van der Waals surface area contributed by atoms with E-state index in [1.165, 1.54) is 38.9 Å². The monoisotopic (exact) mass is 284 g/mol. The zero-order valence-electron chi connectivity index (χ0n) is 12.7. The first-order valence-electron chi connectivity index (χ1n) is 7.85. The van der Waals surface area contributed by atoms with Gasteiger partial charge in [-0.3, -0.25) is 4.98 Å². The van der Waals surface area contributed by atoms with E-state index in [9.17, 15) is 0 Å². The minimum absolute atomic E-state index is 0.785. The first-order valence-corrected chi connectivity index (χ1v) is 7.85. The van der Waals surface area contributed by atoms with Crippen molar-refractivity contribution in [2.24, 2.45) is 0 Å². The number of benzene rings is 1. The second-order valence-corrected chi connectivity index (χ2v) is 5.92. The maximum atomic E-state index is 5.91. The first kappa shape index (κ1) is 14.1. The van der Waals surface area contributed by atoms with Gasteiger partial charge in [0.05, 0.1) is 5.52 Å². The van der Waals surface area contributed by atoms with Crippen molar-refractivity contribution < 1.29 is 0 Å². The summed E-state index contributed by atoms with van der Waals surface area (Å²) in [6.07, 6.45) is 3.90. The van der Waals surface area contributed by atoms with Crippen molar-refractivity contribution in [3.05, 3.63) is 30.0 Å². The number of aromatic nitrogens is 1. The number of nitrogens with two attached hydrogens (primary N) is 1. The van der Waals surface area contributed by atoms with Crippen LogP contribution < -0.4 is 11.1 Å². The summed E-state index contributed by atoms with van der Waals surface area (Å²) in [5.74, 6) is 0. The zero-order chi connectivity index (χ0) is 14.7. The van der Waals surface area contributed by atoms with Crippen molar-refractivity contribution in [1.29, 1.82) is 0 Å². The van der Waals surface area contributed by atoms with E-state index in [0.29, 0.717) is 0 Å². The smallest absolute Gasteiger partial charge is 0.0727 e. The number of rotatable bonds is 5. The first-order chi connectivity index (χ1) is 10.2. The molecule has 4 heteroatoms. The molecule has 0 bridgehead atoms. The van der Waals surface area contributed by atoms with Gasteiger partial charge in [-0.15, -0.1) is 0 Å². The number of pyridine rings is 1. The number of nitrogens with zero attached hydrogens (tertiary/aromatic N) is 2. The second kappa shape index (κ2) is 6.31. The van der Waals surface area contributed by atoms with Crippen molar-refractivity contribution in [3.8, 4) is 0 Å². The van der Waals surface area contributed by atoms with Crippen LogP contribution in [0.5, 0.6) is 0 Å². The van der Waals surface area contributed by atoms with E-state index < -0.39 is 0 Å². The third-order valence-electron chi connectivity index (χ3n) is 4.13. The lowest BCUT2D eigenvalue weighted by Gasteiger charge is -2.15. The fraction of sp³-hybridized carbons (Fsp3) is 0.471. The molecular formula is C17H24N4. The van der Waals surface area contributed by atoms with E-state index in [1.807, 2.05) is 25.1 Å². The summed E-state index contributed by atoms with van der Waals surface area (Å²) in [7, 11) is 0. The third kappa shape index (κ3) is 3.45. The minimum atomic E-state index is 0.785. The van der Waals surface area contributed by atoms with Crippen LogP contribution >= 0.6 is 0 Å². The van der Waals surface area contributed by atoms with Gasteiger partial charge in [-0.25, -0.2) is 0 Å². The highest BCUT2D eigenvalue weighted by atomic mass is 15.1. The van der Waals surface area contributed by atoms with Crippen molar-refractivity contribution in [1.82, 2.24) is 9.88 Å². The number of nitrogens with one attached hydrogen (secondary N) is 1. The number of aryl methyl sites for hydroxylation is 1. The fourth-order valence-electron chi connectivity index (χ4n) is 3.05. The molecule has 4 nitrogen and oxygen atoms in total. The molecule has 21 heavy (non-hydrogen) atoms. The minimum Gasteiger partial charge on any atom is -0.399 e. The van der Waals surface area contributed by atoms with E-state index in [2.05, 4.69) is 21.3 Å². The van der Waals surface area contributed by atoms with Gasteiger partial charge in [-0.2, -0.15) is 0 Å². The second-order valence-electron chi connectivity index (χ2n) is 5.92. The summed E-state index contributed by atoms with van der Waals surface area (Å²) in [6.45, 7) is 6.76. The van der Waals surface area contributed by atoms with E-state index in [0.717, 1.165) is 34.5 Å². The fourth-order valence-corrected chi connectivity index (χ4v) is 3.05. The number of anilines is 2. The highest BCUT2D eigenvalue weighted by molar-refractivity contribution is 5.93. The highest BCUT2D eigenvalue weighted by Crippen LogP contribution is 2.25. The van der Waals surface area contributed by atoms with Gasteiger partial charge in [0, 0.05) is 29.0 Å². The van der Waals surface area contributed by atoms with Crippen LogP contribution in [0.1, 0.15) is 25.0 Å². The Hall–Kier alpha value is -1.81. The van der Waals surface area contributed by atoms with Crippen LogP contribution in [-0.2, 0) is 0 Å². The van der Waals surface area contributed by atoms with Crippen LogP contribution in [0.4, 0.5) is 11.4 Å². The zero-order valence-corrected chi connectivity index (χ0v) is 12.7. The van der Waals surface area contributed by atoms with Crippen LogP contribution in [0.25, 0.3) is 10.9 Å². The van der Waals surface area contributed by atoms with Crippen LogP contribution in [0.3, 0.4) is 0 Å². The quantitative estimate of drug-likeness (QED) is 0.654. The van der Waals surface area contributed by atoms with Gasteiger partial charge in [0.2, 0.25) is 0 Å². The summed E-state index contributed by atoms with van der Waals surface area (Å²) in [6, 6.07) is 8.02. The molecule has 3 N–H and O–H groups in total. The standard InChI is InChI=1S/C17H24N4/c1-13-11-17(15-12-14(18)5-6-16(15)20-13)19-7-4-10-21-8-2-3-9-21/h5-6,11-12H,2-4,7-10,18H2,1H3,(H,19,20). The average molecular weight is 284 g/mol. The predicted molar refractivity (Wildman–Crippen MR) is 89.7 cm³/mol. The Balaban J connectivity index is 1.66. The molecule has 0 radical (unpaired) electrons. The van der Waals surface area contributed by atoms with Crippen molar-refractivity contribution in [2.45, 2.75) is 26.2 Å². The SMILES string of the molecule is Cc1cc(NCCCN2CCCC2)c2cc(N)ccc2n1. The molecule has 1 aromatic carbocycles.